The van der Waals surface area contributed by atoms with Gasteiger partial charge in [-0.15, -0.1) is 0 Å². The molecule has 0 aromatic heterocycles. The Morgan fingerprint density at radius 3 is 2.19 bits per heavy atom. The molecule has 0 saturated carbocycles. The summed E-state index contributed by atoms with van der Waals surface area (Å²) in [4.78, 5) is 24.0. The van der Waals surface area contributed by atoms with Gasteiger partial charge in [0.25, 0.3) is 0 Å². The fraction of sp³-hybridized carbons (Fsp3) is 0.333. The zero-order chi connectivity index (χ0) is 22.4. The number of anilines is 1. The van der Waals surface area contributed by atoms with Crippen molar-refractivity contribution in [3.8, 4) is 0 Å². The highest BCUT2D eigenvalue weighted by molar-refractivity contribution is 7.89. The average molecular weight is 451 g/mol. The van der Waals surface area contributed by atoms with Crippen LogP contribution in [0.15, 0.2) is 53.4 Å². The summed E-state index contributed by atoms with van der Waals surface area (Å²) in [5.41, 5.74) is 0.283. The molecule has 1 fully saturated rings. The first-order chi connectivity index (χ1) is 14.8. The molecule has 1 aliphatic rings. The van der Waals surface area contributed by atoms with Crippen molar-refractivity contribution in [2.24, 2.45) is 0 Å². The Balaban J connectivity index is 1.56. The number of carbonyl (C=O) groups is 2. The van der Waals surface area contributed by atoms with Crippen LogP contribution in [0.1, 0.15) is 25.7 Å². The van der Waals surface area contributed by atoms with E-state index in [1.807, 2.05) is 0 Å². The highest BCUT2D eigenvalue weighted by Gasteiger charge is 2.33. The molecule has 1 aliphatic heterocycles. The van der Waals surface area contributed by atoms with Gasteiger partial charge < -0.3 is 10.6 Å². The van der Waals surface area contributed by atoms with Crippen LogP contribution in [0.3, 0.4) is 0 Å². The molecule has 0 bridgehead atoms. The van der Waals surface area contributed by atoms with Gasteiger partial charge in [0.15, 0.2) is 0 Å². The van der Waals surface area contributed by atoms with Crippen LogP contribution >= 0.6 is 0 Å². The monoisotopic (exact) mass is 451 g/mol. The molecule has 166 valence electrons. The Bertz CT molecular complexity index is 1030. The van der Waals surface area contributed by atoms with E-state index in [1.165, 1.54) is 28.6 Å². The van der Waals surface area contributed by atoms with E-state index in [1.54, 1.807) is 0 Å². The van der Waals surface area contributed by atoms with Crippen molar-refractivity contribution in [2.45, 2.75) is 36.6 Å². The molecule has 2 aromatic rings. The topological polar surface area (TPSA) is 95.6 Å². The Morgan fingerprint density at radius 1 is 0.935 bits per heavy atom. The number of rotatable bonds is 6. The number of nitrogens with one attached hydrogen (secondary N) is 2. The maximum absolute atomic E-state index is 13.2. The maximum Gasteiger partial charge on any atom is 0.313 e. The van der Waals surface area contributed by atoms with E-state index in [-0.39, 0.29) is 23.2 Å². The van der Waals surface area contributed by atoms with Gasteiger partial charge in [0, 0.05) is 24.8 Å². The number of hydrogen-bond acceptors (Lipinski definition) is 4. The van der Waals surface area contributed by atoms with Crippen molar-refractivity contribution in [1.82, 2.24) is 9.62 Å². The summed E-state index contributed by atoms with van der Waals surface area (Å²) < 4.78 is 53.4. The SMILES string of the molecule is O=C(NCCC1CCCCN1S(=O)(=O)c1ccc(F)cc1)C(=O)Nc1ccc(F)cc1. The molecule has 2 amide bonds. The van der Waals surface area contributed by atoms with Crippen LogP contribution in [0.2, 0.25) is 0 Å². The first-order valence-corrected chi connectivity index (χ1v) is 11.3. The zero-order valence-electron chi connectivity index (χ0n) is 16.7. The van der Waals surface area contributed by atoms with Crippen molar-refractivity contribution in [3.63, 3.8) is 0 Å². The lowest BCUT2D eigenvalue weighted by Crippen LogP contribution is -2.45. The van der Waals surface area contributed by atoms with E-state index in [9.17, 15) is 26.8 Å². The fourth-order valence-electron chi connectivity index (χ4n) is 3.47. The molecule has 2 N–H and O–H groups in total. The van der Waals surface area contributed by atoms with Gasteiger partial charge >= 0.3 is 11.8 Å². The quantitative estimate of drug-likeness (QED) is 0.660. The van der Waals surface area contributed by atoms with Gasteiger partial charge in [0.2, 0.25) is 10.0 Å². The van der Waals surface area contributed by atoms with Crippen molar-refractivity contribution >= 4 is 27.5 Å². The summed E-state index contributed by atoms with van der Waals surface area (Å²) in [6.07, 6.45) is 2.51. The van der Waals surface area contributed by atoms with E-state index in [2.05, 4.69) is 10.6 Å². The normalized spacial score (nSPS) is 17.2. The Labute approximate surface area is 179 Å². The van der Waals surface area contributed by atoms with Crippen molar-refractivity contribution < 1.29 is 26.8 Å². The minimum atomic E-state index is -3.80. The molecule has 1 atom stereocenters. The lowest BCUT2D eigenvalue weighted by molar-refractivity contribution is -0.136. The second-order valence-corrected chi connectivity index (χ2v) is 9.12. The highest BCUT2D eigenvalue weighted by atomic mass is 32.2. The predicted molar refractivity (Wildman–Crippen MR) is 111 cm³/mol. The highest BCUT2D eigenvalue weighted by Crippen LogP contribution is 2.27. The molecule has 10 heteroatoms. The van der Waals surface area contributed by atoms with Gasteiger partial charge in [-0.25, -0.2) is 17.2 Å². The summed E-state index contributed by atoms with van der Waals surface area (Å²) in [6.45, 7) is 0.444. The van der Waals surface area contributed by atoms with Crippen LogP contribution in [0.25, 0.3) is 0 Å². The second-order valence-electron chi connectivity index (χ2n) is 7.22. The smallest absolute Gasteiger partial charge is 0.313 e. The van der Waals surface area contributed by atoms with Crippen LogP contribution in [0, 0.1) is 11.6 Å². The zero-order valence-corrected chi connectivity index (χ0v) is 17.5. The third-order valence-corrected chi connectivity index (χ3v) is 7.03. The third kappa shape index (κ3) is 5.86. The van der Waals surface area contributed by atoms with Gasteiger partial charge in [-0.2, -0.15) is 4.31 Å². The standard InChI is InChI=1S/C21H23F2N3O4S/c22-15-4-8-17(9-5-15)25-21(28)20(27)24-13-12-18-3-1-2-14-26(18)31(29,30)19-10-6-16(23)7-11-19/h4-11,18H,1-3,12-14H2,(H,24,27)(H,25,28). The van der Waals surface area contributed by atoms with Crippen LogP contribution in [-0.4, -0.2) is 43.7 Å². The molecule has 7 nitrogen and oxygen atoms in total. The van der Waals surface area contributed by atoms with Gasteiger partial charge in [-0.3, -0.25) is 9.59 Å². The van der Waals surface area contributed by atoms with Crippen LogP contribution in [0.5, 0.6) is 0 Å². The summed E-state index contributed by atoms with van der Waals surface area (Å²) >= 11 is 0. The van der Waals surface area contributed by atoms with Crippen molar-refractivity contribution in [1.29, 1.82) is 0 Å². The number of halogens is 2. The number of piperidine rings is 1. The molecule has 3 rings (SSSR count). The minimum absolute atomic E-state index is 0.0171. The van der Waals surface area contributed by atoms with Crippen LogP contribution in [-0.2, 0) is 19.6 Å². The van der Waals surface area contributed by atoms with E-state index in [4.69, 9.17) is 0 Å². The summed E-state index contributed by atoms with van der Waals surface area (Å²) in [7, 11) is -3.80. The number of amides is 2. The third-order valence-electron chi connectivity index (χ3n) is 5.06. The van der Waals surface area contributed by atoms with E-state index in [0.29, 0.717) is 25.8 Å². The molecule has 0 radical (unpaired) electrons. The number of nitrogens with zero attached hydrogens (tertiary/aromatic N) is 1. The molecule has 0 spiro atoms. The molecule has 0 aliphatic carbocycles. The van der Waals surface area contributed by atoms with Crippen molar-refractivity contribution in [2.75, 3.05) is 18.4 Å². The number of benzene rings is 2. The summed E-state index contributed by atoms with van der Waals surface area (Å²) in [6, 6.07) is 9.32. The maximum atomic E-state index is 13.2. The Kier molecular flexibility index (Phi) is 7.34. The number of sulfonamides is 1. The molecule has 1 saturated heterocycles. The van der Waals surface area contributed by atoms with E-state index in [0.717, 1.165) is 30.7 Å². The first kappa shape index (κ1) is 22.8. The van der Waals surface area contributed by atoms with Gasteiger partial charge in [-0.05, 0) is 67.8 Å². The Hall–Kier alpha value is -2.85. The van der Waals surface area contributed by atoms with Crippen LogP contribution in [0.4, 0.5) is 14.5 Å². The number of carbonyl (C=O) groups excluding carboxylic acids is 2. The average Bonchev–Trinajstić information content (AvgIpc) is 2.76. The Morgan fingerprint density at radius 2 is 1.55 bits per heavy atom. The molecule has 1 unspecified atom stereocenters. The predicted octanol–water partition coefficient (Wildman–Crippen LogP) is 2.65. The largest absolute Gasteiger partial charge is 0.348 e. The van der Waals surface area contributed by atoms with E-state index >= 15 is 0 Å². The van der Waals surface area contributed by atoms with Gasteiger partial charge in [-0.1, -0.05) is 6.42 Å². The lowest BCUT2D eigenvalue weighted by atomic mass is 10.0. The molecular formula is C21H23F2N3O4S. The van der Waals surface area contributed by atoms with E-state index < -0.39 is 33.5 Å². The first-order valence-electron chi connectivity index (χ1n) is 9.89. The van der Waals surface area contributed by atoms with Crippen molar-refractivity contribution in [3.05, 3.63) is 60.2 Å². The van der Waals surface area contributed by atoms with Gasteiger partial charge in [0.1, 0.15) is 11.6 Å². The second kappa shape index (κ2) is 9.97. The molecule has 1 heterocycles. The minimum Gasteiger partial charge on any atom is -0.348 e. The molecular weight excluding hydrogens is 428 g/mol. The molecule has 31 heavy (non-hydrogen) atoms. The lowest BCUT2D eigenvalue weighted by Gasteiger charge is -2.34. The van der Waals surface area contributed by atoms with Crippen LogP contribution < -0.4 is 10.6 Å². The fourth-order valence-corrected chi connectivity index (χ4v) is 5.20. The van der Waals surface area contributed by atoms with Gasteiger partial charge in [0.05, 0.1) is 4.90 Å². The molecule has 2 aromatic carbocycles. The number of hydrogen-bond donors (Lipinski definition) is 2. The summed E-state index contributed by atoms with van der Waals surface area (Å²) in [5, 5.41) is 4.85. The summed E-state index contributed by atoms with van der Waals surface area (Å²) in [5.74, 6) is -2.75.